The van der Waals surface area contributed by atoms with Gasteiger partial charge in [0.15, 0.2) is 0 Å². The largest absolute Gasteiger partial charge is 0.337 e. The Morgan fingerprint density at radius 1 is 1.28 bits per heavy atom. The normalized spacial score (nSPS) is 16.1. The lowest BCUT2D eigenvalue weighted by molar-refractivity contribution is 0.0747. The van der Waals surface area contributed by atoms with Crippen LogP contribution in [0.4, 0.5) is 0 Å². The number of nitrogens with zero attached hydrogens (tertiary/aromatic N) is 1. The van der Waals surface area contributed by atoms with Crippen molar-refractivity contribution in [1.82, 2.24) is 10.2 Å². The molecule has 0 fully saturated rings. The van der Waals surface area contributed by atoms with Gasteiger partial charge >= 0.3 is 0 Å². The van der Waals surface area contributed by atoms with Crippen molar-refractivity contribution < 1.29 is 4.79 Å². The second-order valence-corrected chi connectivity index (χ2v) is 4.83. The average Bonchev–Trinajstić information content (AvgIpc) is 2.39. The van der Waals surface area contributed by atoms with E-state index in [1.807, 2.05) is 29.2 Å². The van der Waals surface area contributed by atoms with Crippen molar-refractivity contribution in [3.05, 3.63) is 35.4 Å². The Balaban J connectivity index is 2.12. The van der Waals surface area contributed by atoms with Crippen molar-refractivity contribution >= 4 is 5.91 Å². The number of hydrogen-bond acceptors (Lipinski definition) is 2. The van der Waals surface area contributed by atoms with E-state index in [9.17, 15) is 4.79 Å². The predicted molar refractivity (Wildman–Crippen MR) is 73.6 cm³/mol. The summed E-state index contributed by atoms with van der Waals surface area (Å²) < 4.78 is 0. The van der Waals surface area contributed by atoms with E-state index in [0.717, 1.165) is 43.7 Å². The van der Waals surface area contributed by atoms with Crippen LogP contribution in [0, 0.1) is 0 Å². The van der Waals surface area contributed by atoms with Gasteiger partial charge in [0.2, 0.25) is 0 Å². The highest BCUT2D eigenvalue weighted by molar-refractivity contribution is 5.95. The molecule has 1 aromatic carbocycles. The van der Waals surface area contributed by atoms with Gasteiger partial charge in [-0.2, -0.15) is 0 Å². The van der Waals surface area contributed by atoms with E-state index < -0.39 is 0 Å². The molecule has 0 saturated heterocycles. The van der Waals surface area contributed by atoms with E-state index in [1.165, 1.54) is 12.8 Å². The summed E-state index contributed by atoms with van der Waals surface area (Å²) in [6.45, 7) is 5.56. The van der Waals surface area contributed by atoms with Crippen LogP contribution in [0.1, 0.15) is 42.1 Å². The number of carbonyl (C=O) groups is 1. The van der Waals surface area contributed by atoms with Crippen molar-refractivity contribution in [3.63, 3.8) is 0 Å². The molecule has 3 nitrogen and oxygen atoms in total. The van der Waals surface area contributed by atoms with Crippen molar-refractivity contribution in [2.45, 2.75) is 32.7 Å². The lowest BCUT2D eigenvalue weighted by atomic mass is 10.0. The van der Waals surface area contributed by atoms with Crippen molar-refractivity contribution in [2.75, 3.05) is 19.6 Å². The summed E-state index contributed by atoms with van der Waals surface area (Å²) in [4.78, 5) is 14.5. The summed E-state index contributed by atoms with van der Waals surface area (Å²) in [5, 5.41) is 3.39. The molecular formula is C15H22N2O. The molecule has 0 atom stereocenters. The number of rotatable bonds is 4. The number of fused-ring (bicyclic) bond motifs is 1. The van der Waals surface area contributed by atoms with Crippen molar-refractivity contribution in [2.24, 2.45) is 0 Å². The SMILES string of the molecule is CCCCCN1CCNCc2ccccc2C1=O. The number of carbonyl (C=O) groups excluding carboxylic acids is 1. The molecule has 0 aliphatic carbocycles. The Morgan fingerprint density at radius 2 is 2.11 bits per heavy atom. The molecule has 1 heterocycles. The van der Waals surface area contributed by atoms with E-state index in [2.05, 4.69) is 12.2 Å². The fourth-order valence-corrected chi connectivity index (χ4v) is 2.36. The summed E-state index contributed by atoms with van der Waals surface area (Å²) in [5.74, 6) is 0.197. The molecule has 3 heteroatoms. The highest BCUT2D eigenvalue weighted by Gasteiger charge is 2.19. The highest BCUT2D eigenvalue weighted by atomic mass is 16.2. The van der Waals surface area contributed by atoms with Gasteiger partial charge in [-0.25, -0.2) is 0 Å². The first kappa shape index (κ1) is 13.1. The van der Waals surface area contributed by atoms with Gasteiger partial charge in [-0.15, -0.1) is 0 Å². The minimum Gasteiger partial charge on any atom is -0.337 e. The number of hydrogen-bond donors (Lipinski definition) is 1. The number of amides is 1. The Morgan fingerprint density at radius 3 is 2.94 bits per heavy atom. The van der Waals surface area contributed by atoms with Crippen LogP contribution in [0.5, 0.6) is 0 Å². The fraction of sp³-hybridized carbons (Fsp3) is 0.533. The van der Waals surface area contributed by atoms with E-state index in [4.69, 9.17) is 0 Å². The molecule has 0 bridgehead atoms. The summed E-state index contributed by atoms with van der Waals surface area (Å²) in [6.07, 6.45) is 3.49. The first-order valence-corrected chi connectivity index (χ1v) is 6.91. The molecule has 0 spiro atoms. The molecule has 98 valence electrons. The van der Waals surface area contributed by atoms with Gasteiger partial charge in [0.05, 0.1) is 0 Å². The first-order chi connectivity index (χ1) is 8.83. The smallest absolute Gasteiger partial charge is 0.254 e. The van der Waals surface area contributed by atoms with Gasteiger partial charge in [0.25, 0.3) is 5.91 Å². The summed E-state index contributed by atoms with van der Waals surface area (Å²) in [7, 11) is 0. The third kappa shape index (κ3) is 3.10. The molecule has 18 heavy (non-hydrogen) atoms. The maximum absolute atomic E-state index is 12.5. The zero-order valence-corrected chi connectivity index (χ0v) is 11.1. The molecule has 0 unspecified atom stereocenters. The van der Waals surface area contributed by atoms with E-state index in [0.29, 0.717) is 0 Å². The van der Waals surface area contributed by atoms with Crippen LogP contribution < -0.4 is 5.32 Å². The first-order valence-electron chi connectivity index (χ1n) is 6.91. The van der Waals surface area contributed by atoms with E-state index in [-0.39, 0.29) is 5.91 Å². The van der Waals surface area contributed by atoms with Gasteiger partial charge in [-0.3, -0.25) is 4.79 Å². The van der Waals surface area contributed by atoms with Crippen LogP contribution in [-0.2, 0) is 6.54 Å². The minimum atomic E-state index is 0.197. The topological polar surface area (TPSA) is 32.3 Å². The third-order valence-corrected chi connectivity index (χ3v) is 3.44. The highest BCUT2D eigenvalue weighted by Crippen LogP contribution is 2.14. The Labute approximate surface area is 109 Å². The monoisotopic (exact) mass is 246 g/mol. The maximum Gasteiger partial charge on any atom is 0.254 e. The van der Waals surface area contributed by atoms with Crippen molar-refractivity contribution in [3.8, 4) is 0 Å². The van der Waals surface area contributed by atoms with Crippen LogP contribution in [0.15, 0.2) is 24.3 Å². The van der Waals surface area contributed by atoms with E-state index >= 15 is 0 Å². The molecule has 0 aromatic heterocycles. The molecular weight excluding hydrogens is 224 g/mol. The van der Waals surface area contributed by atoms with Crippen LogP contribution in [-0.4, -0.2) is 30.4 Å². The molecule has 1 aliphatic rings. The molecule has 2 rings (SSSR count). The summed E-state index contributed by atoms with van der Waals surface area (Å²) in [6, 6.07) is 7.92. The van der Waals surface area contributed by atoms with Crippen LogP contribution >= 0.6 is 0 Å². The van der Waals surface area contributed by atoms with Crippen LogP contribution in [0.2, 0.25) is 0 Å². The predicted octanol–water partition coefficient (Wildman–Crippen LogP) is 2.42. The average molecular weight is 246 g/mol. The van der Waals surface area contributed by atoms with Crippen molar-refractivity contribution in [1.29, 1.82) is 0 Å². The Hall–Kier alpha value is -1.35. The molecule has 1 N–H and O–H groups in total. The third-order valence-electron chi connectivity index (χ3n) is 3.44. The Bertz CT molecular complexity index is 403. The second kappa shape index (κ2) is 6.55. The molecule has 1 amide bonds. The Kier molecular flexibility index (Phi) is 4.76. The number of nitrogens with one attached hydrogen (secondary N) is 1. The second-order valence-electron chi connectivity index (χ2n) is 4.83. The van der Waals surface area contributed by atoms with Gasteiger partial charge in [0, 0.05) is 31.7 Å². The van der Waals surface area contributed by atoms with E-state index in [1.54, 1.807) is 0 Å². The zero-order chi connectivity index (χ0) is 12.8. The lowest BCUT2D eigenvalue weighted by Gasteiger charge is -2.26. The van der Waals surface area contributed by atoms with Gasteiger partial charge in [-0.05, 0) is 18.1 Å². The number of benzene rings is 1. The fourth-order valence-electron chi connectivity index (χ4n) is 2.36. The minimum absolute atomic E-state index is 0.197. The molecule has 0 saturated carbocycles. The summed E-state index contributed by atoms with van der Waals surface area (Å²) >= 11 is 0. The molecule has 0 radical (unpaired) electrons. The maximum atomic E-state index is 12.5. The molecule has 1 aromatic rings. The standard InChI is InChI=1S/C15H22N2O/c1-2-3-6-10-17-11-9-16-12-13-7-4-5-8-14(13)15(17)18/h4-5,7-8,16H,2-3,6,9-12H2,1H3. The number of unbranched alkanes of at least 4 members (excludes halogenated alkanes) is 2. The van der Waals surface area contributed by atoms with Gasteiger partial charge < -0.3 is 10.2 Å². The quantitative estimate of drug-likeness (QED) is 0.828. The lowest BCUT2D eigenvalue weighted by Crippen LogP contribution is -2.40. The van der Waals surface area contributed by atoms with Gasteiger partial charge in [0.1, 0.15) is 0 Å². The summed E-state index contributed by atoms with van der Waals surface area (Å²) in [5.41, 5.74) is 1.98. The van der Waals surface area contributed by atoms with Crippen LogP contribution in [0.25, 0.3) is 0 Å². The zero-order valence-electron chi connectivity index (χ0n) is 11.1. The molecule has 1 aliphatic heterocycles. The van der Waals surface area contributed by atoms with Gasteiger partial charge in [-0.1, -0.05) is 38.0 Å². The van der Waals surface area contributed by atoms with Crippen LogP contribution in [0.3, 0.4) is 0 Å².